The minimum Gasteiger partial charge on any atom is -0.319 e. The van der Waals surface area contributed by atoms with Crippen molar-refractivity contribution in [1.29, 1.82) is 0 Å². The molecule has 0 aliphatic heterocycles. The van der Waals surface area contributed by atoms with Gasteiger partial charge in [-0.2, -0.15) is 0 Å². The largest absolute Gasteiger partial charge is 0.319 e. The minimum absolute atomic E-state index is 0. The van der Waals surface area contributed by atoms with Crippen molar-refractivity contribution in [2.75, 3.05) is 6.54 Å². The van der Waals surface area contributed by atoms with E-state index in [9.17, 15) is 10.1 Å². The number of nitrogens with two attached hydrogens (primary N) is 1. The first kappa shape index (κ1) is 13.2. The van der Waals surface area contributed by atoms with E-state index in [1.807, 2.05) is 0 Å². The maximum Gasteiger partial charge on any atom is 0.222 e. The van der Waals surface area contributed by atoms with E-state index < -0.39 is 11.0 Å². The summed E-state index contributed by atoms with van der Waals surface area (Å²) >= 11 is 5.80. The lowest BCUT2D eigenvalue weighted by molar-refractivity contribution is -0.483. The van der Waals surface area contributed by atoms with E-state index in [4.69, 9.17) is 17.3 Å². The number of hydrogen-bond acceptors (Lipinski definition) is 3. The summed E-state index contributed by atoms with van der Waals surface area (Å²) in [6, 6.07) is 6.22. The summed E-state index contributed by atoms with van der Waals surface area (Å²) in [6.45, 7) is -0.302. The Balaban J connectivity index is 0.00000169. The van der Waals surface area contributed by atoms with Gasteiger partial charge in [0.2, 0.25) is 6.54 Å². The molecule has 0 radical (unpaired) electrons. The van der Waals surface area contributed by atoms with Crippen LogP contribution < -0.4 is 5.73 Å². The Hall–Kier alpha value is -0.840. The summed E-state index contributed by atoms with van der Waals surface area (Å²) in [4.78, 5) is 9.73. The summed E-state index contributed by atoms with van der Waals surface area (Å²) in [5.41, 5.74) is 6.18. The maximum atomic E-state index is 10.2. The van der Waals surface area contributed by atoms with Crippen LogP contribution in [-0.2, 0) is 0 Å². The van der Waals surface area contributed by atoms with Crippen LogP contribution in [0, 0.1) is 10.1 Å². The Labute approximate surface area is 92.6 Å². The fraction of sp³-hybridized carbons (Fsp3) is 0.250. The highest BCUT2D eigenvalue weighted by Gasteiger charge is 2.14. The molecule has 0 bridgehead atoms. The molecule has 0 heterocycles. The molecule has 4 nitrogen and oxygen atoms in total. The van der Waals surface area contributed by atoms with Gasteiger partial charge in [-0.05, 0) is 11.6 Å². The Kier molecular flexibility index (Phi) is 5.45. The first-order valence-corrected chi connectivity index (χ1v) is 4.11. The molecule has 0 amide bonds. The van der Waals surface area contributed by atoms with Gasteiger partial charge in [0.15, 0.2) is 0 Å². The maximum absolute atomic E-state index is 10.2. The second-order valence-electron chi connectivity index (χ2n) is 2.64. The van der Waals surface area contributed by atoms with E-state index >= 15 is 0 Å². The van der Waals surface area contributed by atoms with Crippen molar-refractivity contribution in [3.05, 3.63) is 45.0 Å². The normalized spacial score (nSPS) is 11.6. The molecule has 78 valence electrons. The molecule has 0 spiro atoms. The fourth-order valence-corrected chi connectivity index (χ4v) is 1.31. The summed E-state index contributed by atoms with van der Waals surface area (Å²) in [6.07, 6.45) is 0. The number of rotatable bonds is 3. The van der Waals surface area contributed by atoms with E-state index in [2.05, 4.69) is 0 Å². The van der Waals surface area contributed by atoms with Gasteiger partial charge >= 0.3 is 0 Å². The van der Waals surface area contributed by atoms with Crippen molar-refractivity contribution in [3.8, 4) is 0 Å². The van der Waals surface area contributed by atoms with Crippen LogP contribution >= 0.6 is 24.0 Å². The molecule has 1 aromatic rings. The molecule has 0 saturated carbocycles. The molecule has 1 atom stereocenters. The molecule has 6 heteroatoms. The van der Waals surface area contributed by atoms with Crippen molar-refractivity contribution in [1.82, 2.24) is 0 Å². The number of halogens is 2. The van der Waals surface area contributed by atoms with Crippen molar-refractivity contribution >= 4 is 24.0 Å². The van der Waals surface area contributed by atoms with Gasteiger partial charge < -0.3 is 5.73 Å². The predicted octanol–water partition coefficient (Wildman–Crippen LogP) is 2.04. The lowest BCUT2D eigenvalue weighted by atomic mass is 10.1. The van der Waals surface area contributed by atoms with Gasteiger partial charge in [-0.15, -0.1) is 12.4 Å². The zero-order chi connectivity index (χ0) is 9.84. The average Bonchev–Trinajstić information content (AvgIpc) is 2.03. The number of nitro groups is 1. The zero-order valence-corrected chi connectivity index (χ0v) is 8.79. The van der Waals surface area contributed by atoms with Crippen molar-refractivity contribution in [2.24, 2.45) is 5.73 Å². The van der Waals surface area contributed by atoms with Crippen LogP contribution in [-0.4, -0.2) is 11.5 Å². The van der Waals surface area contributed by atoms with Crippen LogP contribution in [0.25, 0.3) is 0 Å². The van der Waals surface area contributed by atoms with Crippen LogP contribution in [0.5, 0.6) is 0 Å². The Morgan fingerprint density at radius 1 is 1.50 bits per heavy atom. The smallest absolute Gasteiger partial charge is 0.222 e. The van der Waals surface area contributed by atoms with Gasteiger partial charge in [0, 0.05) is 9.95 Å². The van der Waals surface area contributed by atoms with Crippen LogP contribution in [0.3, 0.4) is 0 Å². The molecule has 0 aliphatic rings. The minimum atomic E-state index is -0.635. The molecule has 0 saturated heterocycles. The van der Waals surface area contributed by atoms with Crippen LogP contribution in [0.1, 0.15) is 11.6 Å². The van der Waals surface area contributed by atoms with Gasteiger partial charge in [0.1, 0.15) is 0 Å². The van der Waals surface area contributed by atoms with E-state index in [0.29, 0.717) is 10.6 Å². The first-order valence-electron chi connectivity index (χ1n) is 3.73. The van der Waals surface area contributed by atoms with Crippen LogP contribution in [0.4, 0.5) is 0 Å². The topological polar surface area (TPSA) is 69.2 Å². The van der Waals surface area contributed by atoms with E-state index in [1.165, 1.54) is 0 Å². The SMILES string of the molecule is Cl.NC(C[N+](=O)[O-])c1ccccc1Cl. The highest BCUT2D eigenvalue weighted by molar-refractivity contribution is 6.31. The van der Waals surface area contributed by atoms with E-state index in [1.54, 1.807) is 24.3 Å². The Morgan fingerprint density at radius 2 is 2.07 bits per heavy atom. The predicted molar refractivity (Wildman–Crippen MR) is 57.5 cm³/mol. The molecule has 1 unspecified atom stereocenters. The fourth-order valence-electron chi connectivity index (χ4n) is 1.03. The molecule has 2 N–H and O–H groups in total. The van der Waals surface area contributed by atoms with Gasteiger partial charge in [0.25, 0.3) is 0 Å². The third-order valence-corrected chi connectivity index (χ3v) is 1.99. The molecule has 0 aromatic heterocycles. The second-order valence-corrected chi connectivity index (χ2v) is 3.05. The van der Waals surface area contributed by atoms with Crippen LogP contribution in [0.15, 0.2) is 24.3 Å². The molecular weight excluding hydrogens is 227 g/mol. The molecular formula is C8H10Cl2N2O2. The Morgan fingerprint density at radius 3 is 2.57 bits per heavy atom. The number of hydrogen-bond donors (Lipinski definition) is 1. The van der Waals surface area contributed by atoms with Gasteiger partial charge in [-0.1, -0.05) is 29.8 Å². The summed E-state index contributed by atoms with van der Waals surface area (Å²) in [5, 5.41) is 10.6. The monoisotopic (exact) mass is 236 g/mol. The first-order chi connectivity index (χ1) is 6.11. The molecule has 1 aromatic carbocycles. The molecule has 14 heavy (non-hydrogen) atoms. The number of nitrogens with zero attached hydrogens (tertiary/aromatic N) is 1. The van der Waals surface area contributed by atoms with Gasteiger partial charge in [-0.3, -0.25) is 10.1 Å². The second kappa shape index (κ2) is 5.80. The lowest BCUT2D eigenvalue weighted by Crippen LogP contribution is -2.20. The van der Waals surface area contributed by atoms with Crippen molar-refractivity contribution < 1.29 is 4.92 Å². The Bertz CT molecular complexity index is 320. The summed E-state index contributed by atoms with van der Waals surface area (Å²) in [5.74, 6) is 0. The third kappa shape index (κ3) is 3.49. The van der Waals surface area contributed by atoms with Gasteiger partial charge in [0.05, 0.1) is 6.04 Å². The van der Waals surface area contributed by atoms with Crippen molar-refractivity contribution in [3.63, 3.8) is 0 Å². The zero-order valence-electron chi connectivity index (χ0n) is 7.22. The summed E-state index contributed by atoms with van der Waals surface area (Å²) in [7, 11) is 0. The molecule has 0 aliphatic carbocycles. The van der Waals surface area contributed by atoms with E-state index in [-0.39, 0.29) is 19.0 Å². The standard InChI is InChI=1S/C8H9ClN2O2.ClH/c9-7-4-2-1-3-6(7)8(10)5-11(12)13;/h1-4,8H,5,10H2;1H. The van der Waals surface area contributed by atoms with Crippen molar-refractivity contribution in [2.45, 2.75) is 6.04 Å². The molecule has 1 rings (SSSR count). The quantitative estimate of drug-likeness (QED) is 0.645. The van der Waals surface area contributed by atoms with Gasteiger partial charge in [-0.25, -0.2) is 0 Å². The molecule has 0 fully saturated rings. The average molecular weight is 237 g/mol. The third-order valence-electron chi connectivity index (χ3n) is 1.65. The van der Waals surface area contributed by atoms with Crippen LogP contribution in [0.2, 0.25) is 5.02 Å². The number of benzene rings is 1. The lowest BCUT2D eigenvalue weighted by Gasteiger charge is -2.08. The highest BCUT2D eigenvalue weighted by Crippen LogP contribution is 2.20. The summed E-state index contributed by atoms with van der Waals surface area (Å²) < 4.78 is 0. The highest BCUT2D eigenvalue weighted by atomic mass is 35.5. The van der Waals surface area contributed by atoms with E-state index in [0.717, 1.165) is 0 Å².